The van der Waals surface area contributed by atoms with E-state index in [0.717, 1.165) is 18.6 Å². The number of aliphatic hydroxyl groups is 2. The third kappa shape index (κ3) is 4.26. The van der Waals surface area contributed by atoms with E-state index in [4.69, 9.17) is 4.74 Å². The van der Waals surface area contributed by atoms with Gasteiger partial charge in [-0.1, -0.05) is 34.9 Å². The molecule has 1 saturated heterocycles. The van der Waals surface area contributed by atoms with E-state index in [-0.39, 0.29) is 13.0 Å². The Kier molecular flexibility index (Phi) is 6.99. The lowest BCUT2D eigenvalue weighted by Crippen LogP contribution is -2.46. The van der Waals surface area contributed by atoms with Crippen LogP contribution in [-0.2, 0) is 10.5 Å². The van der Waals surface area contributed by atoms with E-state index in [0.29, 0.717) is 11.3 Å². The van der Waals surface area contributed by atoms with Gasteiger partial charge in [0.25, 0.3) is 5.56 Å². The summed E-state index contributed by atoms with van der Waals surface area (Å²) in [7, 11) is 3.25. The number of ether oxygens (including phenoxy) is 1. The van der Waals surface area contributed by atoms with E-state index in [2.05, 4.69) is 11.9 Å². The number of aliphatic hydroxyl groups excluding tert-OH is 2. The van der Waals surface area contributed by atoms with Gasteiger partial charge < -0.3 is 14.9 Å². The first-order valence-corrected chi connectivity index (χ1v) is 10.5. The van der Waals surface area contributed by atoms with Gasteiger partial charge in [-0.3, -0.25) is 14.3 Å². The number of nitrogens with one attached hydrogen (secondary N) is 1. The van der Waals surface area contributed by atoms with Crippen LogP contribution in [0.1, 0.15) is 31.7 Å². The van der Waals surface area contributed by atoms with Crippen molar-refractivity contribution in [1.82, 2.24) is 9.55 Å². The summed E-state index contributed by atoms with van der Waals surface area (Å²) in [5, 5.41) is 19.5. The van der Waals surface area contributed by atoms with Crippen molar-refractivity contribution in [2.24, 2.45) is 0 Å². The molecule has 2 heterocycles. The molecule has 0 aromatic carbocycles. The molecule has 0 aliphatic carbocycles. The summed E-state index contributed by atoms with van der Waals surface area (Å²) in [4.78, 5) is 26.2. The Labute approximate surface area is 148 Å². The SMILES string of the molecule is CCCCSSC[C@]1(n2cc(C)c(=O)[nH]c2=O)C[C@H](O)[C@@H](CO)O1. The van der Waals surface area contributed by atoms with Crippen LogP contribution in [0.5, 0.6) is 0 Å². The van der Waals surface area contributed by atoms with E-state index < -0.39 is 29.2 Å². The average molecular weight is 377 g/mol. The van der Waals surface area contributed by atoms with E-state index >= 15 is 0 Å². The highest BCUT2D eigenvalue weighted by atomic mass is 33.1. The second kappa shape index (κ2) is 8.57. The normalized spacial score (nSPS) is 26.8. The van der Waals surface area contributed by atoms with Crippen molar-refractivity contribution >= 4 is 21.6 Å². The zero-order valence-corrected chi connectivity index (χ0v) is 15.5. The van der Waals surface area contributed by atoms with Crippen LogP contribution in [-0.4, -0.2) is 50.1 Å². The molecular weight excluding hydrogens is 352 g/mol. The number of aromatic nitrogens is 2. The fourth-order valence-electron chi connectivity index (χ4n) is 2.61. The summed E-state index contributed by atoms with van der Waals surface area (Å²) in [5.74, 6) is 1.42. The van der Waals surface area contributed by atoms with Gasteiger partial charge in [-0.25, -0.2) is 4.79 Å². The molecule has 1 aliphatic heterocycles. The molecule has 24 heavy (non-hydrogen) atoms. The van der Waals surface area contributed by atoms with Crippen molar-refractivity contribution in [2.45, 2.75) is 51.0 Å². The van der Waals surface area contributed by atoms with Gasteiger partial charge in [-0.2, -0.15) is 0 Å². The van der Waals surface area contributed by atoms with Crippen LogP contribution in [0.15, 0.2) is 15.8 Å². The Bertz CT molecular complexity index is 662. The van der Waals surface area contributed by atoms with Gasteiger partial charge >= 0.3 is 5.69 Å². The zero-order chi connectivity index (χ0) is 17.7. The van der Waals surface area contributed by atoms with Crippen molar-refractivity contribution in [3.8, 4) is 0 Å². The number of hydrogen-bond donors (Lipinski definition) is 3. The number of unbranched alkanes of at least 4 members (excludes halogenated alkanes) is 1. The first-order valence-electron chi connectivity index (χ1n) is 7.97. The van der Waals surface area contributed by atoms with Gasteiger partial charge in [0, 0.05) is 23.9 Å². The van der Waals surface area contributed by atoms with E-state index in [1.807, 2.05) is 0 Å². The summed E-state index contributed by atoms with van der Waals surface area (Å²) in [6.45, 7) is 3.41. The highest BCUT2D eigenvalue weighted by molar-refractivity contribution is 8.76. The number of rotatable bonds is 8. The highest BCUT2D eigenvalue weighted by Gasteiger charge is 2.48. The van der Waals surface area contributed by atoms with Crippen molar-refractivity contribution in [1.29, 1.82) is 0 Å². The van der Waals surface area contributed by atoms with E-state index in [9.17, 15) is 19.8 Å². The molecule has 1 aliphatic rings. The minimum absolute atomic E-state index is 0.185. The lowest BCUT2D eigenvalue weighted by molar-refractivity contribution is -0.104. The maximum atomic E-state index is 12.3. The molecule has 2 rings (SSSR count). The second-order valence-electron chi connectivity index (χ2n) is 5.94. The number of aryl methyl sites for hydroxylation is 1. The Morgan fingerprint density at radius 1 is 1.46 bits per heavy atom. The summed E-state index contributed by atoms with van der Waals surface area (Å²) in [6.07, 6.45) is 2.25. The number of H-pyrrole nitrogens is 1. The van der Waals surface area contributed by atoms with Crippen LogP contribution < -0.4 is 11.2 Å². The molecule has 3 N–H and O–H groups in total. The van der Waals surface area contributed by atoms with Crippen molar-refractivity contribution in [3.63, 3.8) is 0 Å². The molecule has 3 atom stereocenters. The van der Waals surface area contributed by atoms with Crippen molar-refractivity contribution in [2.75, 3.05) is 18.1 Å². The summed E-state index contributed by atoms with van der Waals surface area (Å²) in [6, 6.07) is 0. The molecule has 1 aromatic rings. The van der Waals surface area contributed by atoms with Gasteiger partial charge in [0.05, 0.1) is 18.5 Å². The Morgan fingerprint density at radius 2 is 2.21 bits per heavy atom. The van der Waals surface area contributed by atoms with Gasteiger partial charge in [-0.05, 0) is 13.3 Å². The fraction of sp³-hybridized carbons (Fsp3) is 0.733. The fourth-order valence-corrected chi connectivity index (χ4v) is 5.24. The van der Waals surface area contributed by atoms with Crippen LogP contribution in [0.25, 0.3) is 0 Å². The highest BCUT2D eigenvalue weighted by Crippen LogP contribution is 2.40. The van der Waals surface area contributed by atoms with Gasteiger partial charge in [0.2, 0.25) is 0 Å². The predicted octanol–water partition coefficient (Wildman–Crippen LogP) is 0.821. The average Bonchev–Trinajstić information content (AvgIpc) is 2.87. The lowest BCUT2D eigenvalue weighted by atomic mass is 10.1. The Balaban J connectivity index is 2.29. The zero-order valence-electron chi connectivity index (χ0n) is 13.9. The predicted molar refractivity (Wildman–Crippen MR) is 96.4 cm³/mol. The third-order valence-corrected chi connectivity index (χ3v) is 6.56. The molecule has 0 spiro atoms. The first-order chi connectivity index (χ1) is 11.4. The molecule has 0 bridgehead atoms. The topological polar surface area (TPSA) is 105 Å². The Hall–Kier alpha value is -0.740. The van der Waals surface area contributed by atoms with Crippen molar-refractivity contribution in [3.05, 3.63) is 32.6 Å². The quantitative estimate of drug-likeness (QED) is 0.456. The summed E-state index contributed by atoms with van der Waals surface area (Å²) >= 11 is 0. The molecule has 136 valence electrons. The second-order valence-corrected chi connectivity index (χ2v) is 8.52. The molecule has 0 radical (unpaired) electrons. The maximum Gasteiger partial charge on any atom is 0.330 e. The van der Waals surface area contributed by atoms with Gasteiger partial charge in [0.15, 0.2) is 5.72 Å². The third-order valence-electron chi connectivity index (χ3n) is 4.02. The maximum absolute atomic E-state index is 12.3. The minimum Gasteiger partial charge on any atom is -0.394 e. The lowest BCUT2D eigenvalue weighted by Gasteiger charge is -2.30. The molecule has 0 saturated carbocycles. The van der Waals surface area contributed by atoms with Crippen LogP contribution in [0, 0.1) is 6.92 Å². The molecular formula is C15H24N2O5S2. The monoisotopic (exact) mass is 376 g/mol. The van der Waals surface area contributed by atoms with Crippen LogP contribution in [0.4, 0.5) is 0 Å². The molecule has 9 heteroatoms. The van der Waals surface area contributed by atoms with Gasteiger partial charge in [-0.15, -0.1) is 0 Å². The molecule has 0 unspecified atom stereocenters. The largest absolute Gasteiger partial charge is 0.394 e. The smallest absolute Gasteiger partial charge is 0.330 e. The van der Waals surface area contributed by atoms with Crippen LogP contribution >= 0.6 is 21.6 Å². The molecule has 0 amide bonds. The Morgan fingerprint density at radius 3 is 2.83 bits per heavy atom. The van der Waals surface area contributed by atoms with Crippen molar-refractivity contribution < 1.29 is 14.9 Å². The molecule has 7 nitrogen and oxygen atoms in total. The number of hydrogen-bond acceptors (Lipinski definition) is 7. The molecule has 1 aromatic heterocycles. The van der Waals surface area contributed by atoms with Crippen LogP contribution in [0.2, 0.25) is 0 Å². The standard InChI is InChI=1S/C15H24N2O5S2/c1-3-4-5-23-24-9-15(6-11(19)12(8-18)22-15)17-7-10(2)13(20)16-14(17)21/h7,11-12,18-19H,3-6,8-9H2,1-2H3,(H,16,20,21)/t11-,12+,15-/m0/s1. The number of nitrogens with zero attached hydrogens (tertiary/aromatic N) is 1. The van der Waals surface area contributed by atoms with E-state index in [1.54, 1.807) is 28.5 Å². The first kappa shape index (κ1) is 19.6. The van der Waals surface area contributed by atoms with Crippen LogP contribution in [0.3, 0.4) is 0 Å². The van der Waals surface area contributed by atoms with E-state index in [1.165, 1.54) is 10.8 Å². The summed E-state index contributed by atoms with van der Waals surface area (Å²) in [5.41, 5.74) is -1.70. The summed E-state index contributed by atoms with van der Waals surface area (Å²) < 4.78 is 7.23. The number of aromatic amines is 1. The minimum atomic E-state index is -1.08. The molecule has 1 fully saturated rings. The van der Waals surface area contributed by atoms with Gasteiger partial charge in [0.1, 0.15) is 6.10 Å².